The van der Waals surface area contributed by atoms with E-state index in [2.05, 4.69) is 0 Å². The van der Waals surface area contributed by atoms with Crippen molar-refractivity contribution in [3.05, 3.63) is 24.3 Å². The normalized spacial score (nSPS) is 8.10. The fourth-order valence-electron chi connectivity index (χ4n) is 0.601. The van der Waals surface area contributed by atoms with E-state index in [4.69, 9.17) is 4.74 Å². The number of hydrogen-bond donors (Lipinski definition) is 0. The molecule has 0 fully saturated rings. The van der Waals surface area contributed by atoms with Crippen LogP contribution < -0.4 is 61.2 Å². The first-order chi connectivity index (χ1) is 4.33. The minimum Gasteiger partial charge on any atom is -0.872 e. The van der Waals surface area contributed by atoms with Crippen molar-refractivity contribution < 1.29 is 61.2 Å². The SMILES string of the molecule is COc1cccc([O-])c1.[K+]. The van der Waals surface area contributed by atoms with Crippen molar-refractivity contribution in [2.75, 3.05) is 7.11 Å². The standard InChI is InChI=1S/C7H8O2.K/c1-9-7-4-2-3-6(8)5-7;/h2-5,8H,1H3;/q;+1/p-1. The molecule has 0 bridgehead atoms. The molecule has 0 spiro atoms. The van der Waals surface area contributed by atoms with Crippen LogP contribution in [-0.2, 0) is 0 Å². The summed E-state index contributed by atoms with van der Waals surface area (Å²) in [6, 6.07) is 6.34. The van der Waals surface area contributed by atoms with Crippen LogP contribution in [0.2, 0.25) is 0 Å². The first kappa shape index (κ1) is 10.5. The molecule has 1 aromatic rings. The third kappa shape index (κ3) is 3.03. The Bertz CT molecular complexity index is 201. The summed E-state index contributed by atoms with van der Waals surface area (Å²) in [6.07, 6.45) is 0. The molecule has 0 saturated carbocycles. The Kier molecular flexibility index (Phi) is 5.39. The molecule has 2 nitrogen and oxygen atoms in total. The third-order valence-electron chi connectivity index (χ3n) is 1.04. The van der Waals surface area contributed by atoms with Gasteiger partial charge in [0.1, 0.15) is 5.75 Å². The molecule has 0 saturated heterocycles. The summed E-state index contributed by atoms with van der Waals surface area (Å²) in [7, 11) is 1.54. The summed E-state index contributed by atoms with van der Waals surface area (Å²) in [5.74, 6) is 0.594. The van der Waals surface area contributed by atoms with Crippen LogP contribution in [0.25, 0.3) is 0 Å². The van der Waals surface area contributed by atoms with Gasteiger partial charge in [0.25, 0.3) is 0 Å². The first-order valence-electron chi connectivity index (χ1n) is 2.64. The zero-order valence-corrected chi connectivity index (χ0v) is 9.25. The van der Waals surface area contributed by atoms with E-state index in [1.54, 1.807) is 12.1 Å². The molecule has 0 atom stereocenters. The van der Waals surface area contributed by atoms with E-state index < -0.39 is 0 Å². The smallest absolute Gasteiger partial charge is 0.872 e. The number of benzene rings is 1. The molecule has 0 radical (unpaired) electrons. The topological polar surface area (TPSA) is 32.3 Å². The molecule has 48 valence electrons. The molecule has 0 heterocycles. The summed E-state index contributed by atoms with van der Waals surface area (Å²) in [4.78, 5) is 0. The maximum atomic E-state index is 10.6. The predicted octanol–water partition coefficient (Wildman–Crippen LogP) is -2.23. The molecule has 0 aliphatic heterocycles. The Balaban J connectivity index is 0.000000810. The zero-order chi connectivity index (χ0) is 6.69. The van der Waals surface area contributed by atoms with E-state index in [1.807, 2.05) is 0 Å². The molecule has 10 heavy (non-hydrogen) atoms. The minimum absolute atomic E-state index is 0. The molecule has 0 aromatic heterocycles. The van der Waals surface area contributed by atoms with Gasteiger partial charge in [0.05, 0.1) is 7.11 Å². The maximum Gasteiger partial charge on any atom is 1.00 e. The van der Waals surface area contributed by atoms with Gasteiger partial charge in [-0.25, -0.2) is 0 Å². The van der Waals surface area contributed by atoms with Crippen LogP contribution in [0.1, 0.15) is 0 Å². The Labute approximate surface area is 103 Å². The summed E-state index contributed by atoms with van der Waals surface area (Å²) >= 11 is 0. The van der Waals surface area contributed by atoms with Crippen LogP contribution in [-0.4, -0.2) is 7.11 Å². The molecular weight excluding hydrogens is 155 g/mol. The largest absolute Gasteiger partial charge is 1.00 e. The average molecular weight is 162 g/mol. The second-order valence-electron chi connectivity index (χ2n) is 1.68. The summed E-state index contributed by atoms with van der Waals surface area (Å²) in [5, 5.41) is 10.6. The second kappa shape index (κ2) is 5.15. The Morgan fingerprint density at radius 2 is 2.10 bits per heavy atom. The van der Waals surface area contributed by atoms with Gasteiger partial charge in [-0.15, -0.1) is 5.75 Å². The van der Waals surface area contributed by atoms with Crippen LogP contribution in [0.4, 0.5) is 0 Å². The van der Waals surface area contributed by atoms with Crippen molar-refractivity contribution in [1.29, 1.82) is 0 Å². The molecular formula is C7H7KO2. The van der Waals surface area contributed by atoms with Crippen molar-refractivity contribution >= 4 is 0 Å². The van der Waals surface area contributed by atoms with E-state index in [-0.39, 0.29) is 57.1 Å². The van der Waals surface area contributed by atoms with Crippen LogP contribution >= 0.6 is 0 Å². The van der Waals surface area contributed by atoms with E-state index in [0.29, 0.717) is 5.75 Å². The number of ether oxygens (including phenoxy) is 1. The van der Waals surface area contributed by atoms with Crippen molar-refractivity contribution in [3.8, 4) is 11.5 Å². The minimum atomic E-state index is -0.0191. The monoisotopic (exact) mass is 162 g/mol. The molecule has 0 N–H and O–H groups in total. The van der Waals surface area contributed by atoms with E-state index in [0.717, 1.165) is 0 Å². The molecule has 3 heteroatoms. The second-order valence-corrected chi connectivity index (χ2v) is 1.68. The Morgan fingerprint density at radius 3 is 2.50 bits per heavy atom. The predicted molar refractivity (Wildman–Crippen MR) is 32.4 cm³/mol. The van der Waals surface area contributed by atoms with Crippen molar-refractivity contribution in [1.82, 2.24) is 0 Å². The molecule has 0 aliphatic rings. The molecule has 1 aromatic carbocycles. The van der Waals surface area contributed by atoms with Crippen molar-refractivity contribution in [3.63, 3.8) is 0 Å². The van der Waals surface area contributed by atoms with E-state index in [1.165, 1.54) is 19.2 Å². The van der Waals surface area contributed by atoms with Gasteiger partial charge in [-0.05, 0) is 12.1 Å². The fraction of sp³-hybridized carbons (Fsp3) is 0.143. The van der Waals surface area contributed by atoms with E-state index in [9.17, 15) is 5.11 Å². The summed E-state index contributed by atoms with van der Waals surface area (Å²) < 4.78 is 4.80. The van der Waals surface area contributed by atoms with Gasteiger partial charge in [0, 0.05) is 0 Å². The first-order valence-corrected chi connectivity index (χ1v) is 2.64. The van der Waals surface area contributed by atoms with Gasteiger partial charge >= 0.3 is 51.4 Å². The third-order valence-corrected chi connectivity index (χ3v) is 1.04. The fourth-order valence-corrected chi connectivity index (χ4v) is 0.601. The number of rotatable bonds is 1. The van der Waals surface area contributed by atoms with Gasteiger partial charge in [0.2, 0.25) is 0 Å². The maximum absolute atomic E-state index is 10.6. The molecule has 0 aliphatic carbocycles. The number of hydrogen-bond acceptors (Lipinski definition) is 2. The van der Waals surface area contributed by atoms with Gasteiger partial charge in [0.15, 0.2) is 0 Å². The van der Waals surface area contributed by atoms with Crippen LogP contribution in [0.5, 0.6) is 11.5 Å². The van der Waals surface area contributed by atoms with Gasteiger partial charge in [-0.2, -0.15) is 0 Å². The average Bonchev–Trinajstić information content (AvgIpc) is 1.88. The molecule has 0 unspecified atom stereocenters. The van der Waals surface area contributed by atoms with Crippen molar-refractivity contribution in [2.45, 2.75) is 0 Å². The molecule has 1 rings (SSSR count). The van der Waals surface area contributed by atoms with Gasteiger partial charge in [-0.3, -0.25) is 0 Å². The Morgan fingerprint density at radius 1 is 1.40 bits per heavy atom. The van der Waals surface area contributed by atoms with Crippen LogP contribution in [0, 0.1) is 0 Å². The quantitative estimate of drug-likeness (QED) is 0.438. The zero-order valence-electron chi connectivity index (χ0n) is 6.13. The molecule has 0 amide bonds. The Hall–Kier alpha value is 0.456. The van der Waals surface area contributed by atoms with Gasteiger partial charge in [-0.1, -0.05) is 12.1 Å². The summed E-state index contributed by atoms with van der Waals surface area (Å²) in [6.45, 7) is 0. The van der Waals surface area contributed by atoms with Crippen LogP contribution in [0.15, 0.2) is 24.3 Å². The number of methoxy groups -OCH3 is 1. The van der Waals surface area contributed by atoms with Crippen LogP contribution in [0.3, 0.4) is 0 Å². The van der Waals surface area contributed by atoms with E-state index >= 15 is 0 Å². The van der Waals surface area contributed by atoms with Gasteiger partial charge < -0.3 is 9.84 Å². The van der Waals surface area contributed by atoms with Crippen molar-refractivity contribution in [2.24, 2.45) is 0 Å². The summed E-state index contributed by atoms with van der Waals surface area (Å²) in [5.41, 5.74) is 0.